The molecule has 0 bridgehead atoms. The van der Waals surface area contributed by atoms with Crippen molar-refractivity contribution in [2.24, 2.45) is 0 Å². The molecule has 0 aliphatic rings. The van der Waals surface area contributed by atoms with Crippen molar-refractivity contribution in [2.75, 3.05) is 25.3 Å². The first-order valence-corrected chi connectivity index (χ1v) is 8.98. The van der Waals surface area contributed by atoms with Gasteiger partial charge < -0.3 is 4.90 Å². The van der Waals surface area contributed by atoms with Crippen molar-refractivity contribution in [3.8, 4) is 0 Å². The number of hydrogen-bond donors (Lipinski definition) is 0. The lowest BCUT2D eigenvalue weighted by molar-refractivity contribution is -0.121. The lowest BCUT2D eigenvalue weighted by atomic mass is 10.1. The molecule has 122 valence electrons. The van der Waals surface area contributed by atoms with Crippen molar-refractivity contribution in [2.45, 2.75) is 6.04 Å². The van der Waals surface area contributed by atoms with Gasteiger partial charge in [-0.05, 0) is 17.7 Å². The summed E-state index contributed by atoms with van der Waals surface area (Å²) in [5, 5.41) is 0. The fourth-order valence-electron chi connectivity index (χ4n) is 2.30. The number of nitrogens with zero attached hydrogens (tertiary/aromatic N) is 2. The Balaban J connectivity index is 2.43. The van der Waals surface area contributed by atoms with Crippen LogP contribution < -0.4 is 4.90 Å². The minimum atomic E-state index is -3.53. The van der Waals surface area contributed by atoms with Gasteiger partial charge in [-0.2, -0.15) is 4.31 Å². The second-order valence-electron chi connectivity index (χ2n) is 5.33. The maximum absolute atomic E-state index is 13.0. The number of benzene rings is 2. The molecule has 2 rings (SSSR count). The van der Waals surface area contributed by atoms with E-state index in [1.54, 1.807) is 43.4 Å². The summed E-state index contributed by atoms with van der Waals surface area (Å²) < 4.78 is 25.0. The van der Waals surface area contributed by atoms with Crippen molar-refractivity contribution in [1.82, 2.24) is 4.31 Å². The normalized spacial score (nSPS) is 12.9. The van der Waals surface area contributed by atoms with Crippen LogP contribution >= 0.6 is 0 Å². The molecule has 2 aromatic carbocycles. The molecule has 23 heavy (non-hydrogen) atoms. The van der Waals surface area contributed by atoms with E-state index in [1.807, 2.05) is 24.3 Å². The molecule has 5 nitrogen and oxygen atoms in total. The standard InChI is InChI=1S/C17H20N2O3S/c1-18(15-12-8-5-9-13-15)17(20)16(19(2)23(3,21)22)14-10-6-4-7-11-14/h4-13,16H,1-3H3/t16-/m1/s1. The highest BCUT2D eigenvalue weighted by Crippen LogP contribution is 2.26. The molecule has 0 radical (unpaired) electrons. The largest absolute Gasteiger partial charge is 0.314 e. The van der Waals surface area contributed by atoms with E-state index in [9.17, 15) is 13.2 Å². The third-order valence-electron chi connectivity index (χ3n) is 3.71. The number of rotatable bonds is 5. The molecule has 0 saturated heterocycles. The van der Waals surface area contributed by atoms with Gasteiger partial charge in [0.25, 0.3) is 0 Å². The summed E-state index contributed by atoms with van der Waals surface area (Å²) in [6.45, 7) is 0. The second-order valence-corrected chi connectivity index (χ2v) is 7.37. The van der Waals surface area contributed by atoms with Crippen LogP contribution in [0.15, 0.2) is 60.7 Å². The van der Waals surface area contributed by atoms with E-state index in [4.69, 9.17) is 0 Å². The Kier molecular flexibility index (Phi) is 5.18. The lowest BCUT2D eigenvalue weighted by Crippen LogP contribution is -2.42. The third-order valence-corrected chi connectivity index (χ3v) is 4.97. The number of amides is 1. The zero-order chi connectivity index (χ0) is 17.0. The molecule has 0 aromatic heterocycles. The molecule has 0 heterocycles. The average Bonchev–Trinajstić information content (AvgIpc) is 2.55. The van der Waals surface area contributed by atoms with Crippen molar-refractivity contribution in [3.05, 3.63) is 66.2 Å². The van der Waals surface area contributed by atoms with Crippen LogP contribution in [0.2, 0.25) is 0 Å². The van der Waals surface area contributed by atoms with Crippen LogP contribution in [-0.4, -0.2) is 39.0 Å². The molecule has 0 spiro atoms. The van der Waals surface area contributed by atoms with E-state index < -0.39 is 16.1 Å². The van der Waals surface area contributed by atoms with Crippen LogP contribution in [0, 0.1) is 0 Å². The van der Waals surface area contributed by atoms with Crippen molar-refractivity contribution < 1.29 is 13.2 Å². The van der Waals surface area contributed by atoms with E-state index in [2.05, 4.69) is 0 Å². The highest BCUT2D eigenvalue weighted by atomic mass is 32.2. The molecule has 0 aliphatic heterocycles. The van der Waals surface area contributed by atoms with Crippen LogP contribution in [0.5, 0.6) is 0 Å². The number of likely N-dealkylation sites (N-methyl/N-ethyl adjacent to an activating group) is 2. The lowest BCUT2D eigenvalue weighted by Gasteiger charge is -2.29. The van der Waals surface area contributed by atoms with Crippen molar-refractivity contribution in [1.29, 1.82) is 0 Å². The highest BCUT2D eigenvalue weighted by Gasteiger charge is 2.33. The monoisotopic (exact) mass is 332 g/mol. The molecule has 6 heteroatoms. The predicted molar refractivity (Wildman–Crippen MR) is 91.6 cm³/mol. The summed E-state index contributed by atoms with van der Waals surface area (Å²) in [6.07, 6.45) is 1.10. The highest BCUT2D eigenvalue weighted by molar-refractivity contribution is 7.88. The van der Waals surface area contributed by atoms with Gasteiger partial charge in [-0.25, -0.2) is 8.42 Å². The smallest absolute Gasteiger partial charge is 0.249 e. The SMILES string of the molecule is CN(C(=O)[C@@H](c1ccccc1)N(C)S(C)(=O)=O)c1ccccc1. The van der Waals surface area contributed by atoms with Gasteiger partial charge in [-0.15, -0.1) is 0 Å². The molecular weight excluding hydrogens is 312 g/mol. The third kappa shape index (κ3) is 3.97. The zero-order valence-corrected chi connectivity index (χ0v) is 14.2. The van der Waals surface area contributed by atoms with Crippen LogP contribution in [0.1, 0.15) is 11.6 Å². The summed E-state index contributed by atoms with van der Waals surface area (Å²) in [5.41, 5.74) is 1.34. The minimum Gasteiger partial charge on any atom is -0.314 e. The molecule has 0 unspecified atom stereocenters. The topological polar surface area (TPSA) is 57.7 Å². The van der Waals surface area contributed by atoms with Crippen LogP contribution in [0.4, 0.5) is 5.69 Å². The summed E-state index contributed by atoms with van der Waals surface area (Å²) in [5.74, 6) is -0.310. The van der Waals surface area contributed by atoms with Gasteiger partial charge in [0.1, 0.15) is 6.04 Å². The first-order valence-electron chi connectivity index (χ1n) is 7.13. The van der Waals surface area contributed by atoms with Crippen molar-refractivity contribution >= 4 is 21.6 Å². The molecular formula is C17H20N2O3S. The van der Waals surface area contributed by atoms with Crippen LogP contribution in [-0.2, 0) is 14.8 Å². The second kappa shape index (κ2) is 6.93. The minimum absolute atomic E-state index is 0.310. The fraction of sp³-hybridized carbons (Fsp3) is 0.235. The average molecular weight is 332 g/mol. The first-order chi connectivity index (χ1) is 10.8. The van der Waals surface area contributed by atoms with Gasteiger partial charge in [0.05, 0.1) is 6.26 Å². The number of carbonyl (C=O) groups excluding carboxylic acids is 1. The zero-order valence-electron chi connectivity index (χ0n) is 13.4. The predicted octanol–water partition coefficient (Wildman–Crippen LogP) is 2.28. The van der Waals surface area contributed by atoms with Gasteiger partial charge >= 0.3 is 0 Å². The summed E-state index contributed by atoms with van der Waals surface area (Å²) in [4.78, 5) is 14.4. The molecule has 0 fully saturated rings. The summed E-state index contributed by atoms with van der Waals surface area (Å²) in [6, 6.07) is 17.1. The Morgan fingerprint density at radius 1 is 0.913 bits per heavy atom. The molecule has 1 amide bonds. The Morgan fingerprint density at radius 2 is 1.39 bits per heavy atom. The van der Waals surface area contributed by atoms with Gasteiger partial charge in [-0.1, -0.05) is 48.5 Å². The van der Waals surface area contributed by atoms with Gasteiger partial charge in [0, 0.05) is 19.8 Å². The van der Waals surface area contributed by atoms with Gasteiger partial charge in [-0.3, -0.25) is 4.79 Å². The van der Waals surface area contributed by atoms with E-state index in [-0.39, 0.29) is 5.91 Å². The number of hydrogen-bond acceptors (Lipinski definition) is 3. The molecule has 0 aliphatic carbocycles. The number of para-hydroxylation sites is 1. The van der Waals surface area contributed by atoms with E-state index in [0.717, 1.165) is 10.6 Å². The first kappa shape index (κ1) is 17.2. The van der Waals surface area contributed by atoms with E-state index >= 15 is 0 Å². The maximum Gasteiger partial charge on any atom is 0.249 e. The molecule has 2 aromatic rings. The molecule has 1 atom stereocenters. The maximum atomic E-state index is 13.0. The Bertz CT molecular complexity index is 761. The van der Waals surface area contributed by atoms with Crippen molar-refractivity contribution in [3.63, 3.8) is 0 Å². The van der Waals surface area contributed by atoms with E-state index in [1.165, 1.54) is 11.9 Å². The fourth-order valence-corrected chi connectivity index (χ4v) is 2.89. The quantitative estimate of drug-likeness (QED) is 0.844. The van der Waals surface area contributed by atoms with Crippen LogP contribution in [0.25, 0.3) is 0 Å². The van der Waals surface area contributed by atoms with Gasteiger partial charge in [0.15, 0.2) is 0 Å². The van der Waals surface area contributed by atoms with Gasteiger partial charge in [0.2, 0.25) is 15.9 Å². The Morgan fingerprint density at radius 3 is 1.87 bits per heavy atom. The number of anilines is 1. The Labute approximate surface area is 137 Å². The molecule has 0 N–H and O–H groups in total. The summed E-state index contributed by atoms with van der Waals surface area (Å²) >= 11 is 0. The summed E-state index contributed by atoms with van der Waals surface area (Å²) in [7, 11) is -0.462. The van der Waals surface area contributed by atoms with E-state index in [0.29, 0.717) is 11.3 Å². The number of carbonyl (C=O) groups is 1. The molecule has 0 saturated carbocycles. The van der Waals surface area contributed by atoms with Crippen LogP contribution in [0.3, 0.4) is 0 Å². The Hall–Kier alpha value is -2.18. The number of sulfonamides is 1.